The first kappa shape index (κ1) is 11.6. The third-order valence-corrected chi connectivity index (χ3v) is 2.38. The van der Waals surface area contributed by atoms with Crippen LogP contribution in [0.3, 0.4) is 0 Å². The molecule has 2 nitrogen and oxygen atoms in total. The number of fused-ring (bicyclic) bond motifs is 1. The molecule has 2 N–H and O–H groups in total. The average molecular weight is 241 g/mol. The molecule has 0 fully saturated rings. The molecule has 0 amide bonds. The van der Waals surface area contributed by atoms with E-state index in [4.69, 9.17) is 0 Å². The number of hydrogen-bond acceptors (Lipinski definition) is 2. The molecule has 2 rings (SSSR count). The lowest BCUT2D eigenvalue weighted by atomic mass is 10.1. The maximum absolute atomic E-state index is 12.1. The van der Waals surface area contributed by atoms with E-state index in [0.717, 1.165) is 0 Å². The van der Waals surface area contributed by atoms with Crippen LogP contribution in [0, 0.1) is 0 Å². The fourth-order valence-electron chi connectivity index (χ4n) is 1.64. The molecule has 0 spiro atoms. The highest BCUT2D eigenvalue weighted by Gasteiger charge is 2.26. The van der Waals surface area contributed by atoms with Gasteiger partial charge in [-0.2, -0.15) is 13.2 Å². The van der Waals surface area contributed by atoms with Crippen molar-refractivity contribution in [2.75, 3.05) is 11.9 Å². The Kier molecular flexibility index (Phi) is 2.83. The molecule has 5 heteroatoms. The van der Waals surface area contributed by atoms with E-state index in [9.17, 15) is 18.3 Å². The van der Waals surface area contributed by atoms with Crippen molar-refractivity contribution < 1.29 is 18.3 Å². The highest BCUT2D eigenvalue weighted by atomic mass is 19.4. The molecular weight excluding hydrogens is 231 g/mol. The third-order valence-electron chi connectivity index (χ3n) is 2.38. The van der Waals surface area contributed by atoms with Crippen LogP contribution >= 0.6 is 0 Å². The Morgan fingerprint density at radius 1 is 1.00 bits per heavy atom. The van der Waals surface area contributed by atoms with Gasteiger partial charge in [0.25, 0.3) is 0 Å². The van der Waals surface area contributed by atoms with Gasteiger partial charge in [-0.1, -0.05) is 24.3 Å². The summed E-state index contributed by atoms with van der Waals surface area (Å²) < 4.78 is 36.3. The number of benzene rings is 2. The minimum atomic E-state index is -4.26. The van der Waals surface area contributed by atoms with Crippen molar-refractivity contribution in [2.45, 2.75) is 6.18 Å². The SMILES string of the molecule is Oc1cccc2c(NCC(F)(F)F)cccc12. The van der Waals surface area contributed by atoms with Crippen LogP contribution in [0.15, 0.2) is 36.4 Å². The Hall–Kier alpha value is -1.91. The van der Waals surface area contributed by atoms with Crippen LogP contribution in [0.2, 0.25) is 0 Å². The molecule has 0 bridgehead atoms. The van der Waals surface area contributed by atoms with Crippen molar-refractivity contribution in [2.24, 2.45) is 0 Å². The van der Waals surface area contributed by atoms with Gasteiger partial charge in [0, 0.05) is 16.5 Å². The topological polar surface area (TPSA) is 32.3 Å². The number of halogens is 3. The molecule has 0 heterocycles. The summed E-state index contributed by atoms with van der Waals surface area (Å²) in [5.74, 6) is 0.0539. The normalized spacial score (nSPS) is 11.7. The van der Waals surface area contributed by atoms with E-state index < -0.39 is 12.7 Å². The molecule has 0 saturated carbocycles. The molecule has 0 aliphatic rings. The zero-order valence-corrected chi connectivity index (χ0v) is 8.75. The lowest BCUT2D eigenvalue weighted by Crippen LogP contribution is -2.21. The fraction of sp³-hybridized carbons (Fsp3) is 0.167. The van der Waals surface area contributed by atoms with E-state index in [1.807, 2.05) is 0 Å². The molecule has 17 heavy (non-hydrogen) atoms. The first-order valence-corrected chi connectivity index (χ1v) is 4.99. The van der Waals surface area contributed by atoms with E-state index in [2.05, 4.69) is 5.32 Å². The quantitative estimate of drug-likeness (QED) is 0.843. The molecule has 2 aromatic rings. The lowest BCUT2D eigenvalue weighted by Gasteiger charge is -2.12. The molecule has 0 atom stereocenters. The van der Waals surface area contributed by atoms with Crippen LogP contribution in [0.1, 0.15) is 0 Å². The summed E-state index contributed by atoms with van der Waals surface area (Å²) in [6.45, 7) is -1.10. The summed E-state index contributed by atoms with van der Waals surface area (Å²) in [6.07, 6.45) is -4.26. The van der Waals surface area contributed by atoms with Gasteiger partial charge in [-0.15, -0.1) is 0 Å². The largest absolute Gasteiger partial charge is 0.507 e. The van der Waals surface area contributed by atoms with Gasteiger partial charge in [0.15, 0.2) is 0 Å². The van der Waals surface area contributed by atoms with Crippen LogP contribution in [0.4, 0.5) is 18.9 Å². The minimum Gasteiger partial charge on any atom is -0.507 e. The number of phenols is 1. The first-order chi connectivity index (χ1) is 7.97. The zero-order valence-electron chi connectivity index (χ0n) is 8.75. The van der Waals surface area contributed by atoms with Crippen molar-refractivity contribution in [3.63, 3.8) is 0 Å². The van der Waals surface area contributed by atoms with Gasteiger partial charge in [-0.3, -0.25) is 0 Å². The summed E-state index contributed by atoms with van der Waals surface area (Å²) in [5, 5.41) is 13.0. The number of anilines is 1. The summed E-state index contributed by atoms with van der Waals surface area (Å²) in [4.78, 5) is 0. The average Bonchev–Trinajstić information content (AvgIpc) is 2.26. The van der Waals surface area contributed by atoms with Crippen LogP contribution in [-0.4, -0.2) is 17.8 Å². The highest BCUT2D eigenvalue weighted by Crippen LogP contribution is 2.30. The predicted octanol–water partition coefficient (Wildman–Crippen LogP) is 3.52. The Balaban J connectivity index is 2.38. The molecular formula is C12H10F3NO. The van der Waals surface area contributed by atoms with Crippen molar-refractivity contribution in [1.82, 2.24) is 0 Å². The molecule has 0 aromatic heterocycles. The van der Waals surface area contributed by atoms with E-state index in [1.54, 1.807) is 30.3 Å². The van der Waals surface area contributed by atoms with Gasteiger partial charge >= 0.3 is 6.18 Å². The molecule has 0 radical (unpaired) electrons. The Bertz CT molecular complexity index is 537. The van der Waals surface area contributed by atoms with Gasteiger partial charge in [0.05, 0.1) is 0 Å². The van der Waals surface area contributed by atoms with Gasteiger partial charge < -0.3 is 10.4 Å². The lowest BCUT2D eigenvalue weighted by molar-refractivity contribution is -0.115. The van der Waals surface area contributed by atoms with E-state index in [-0.39, 0.29) is 5.75 Å². The second-order valence-corrected chi connectivity index (χ2v) is 3.65. The minimum absolute atomic E-state index is 0.0539. The van der Waals surface area contributed by atoms with Crippen LogP contribution in [0.25, 0.3) is 10.8 Å². The van der Waals surface area contributed by atoms with Crippen LogP contribution in [-0.2, 0) is 0 Å². The van der Waals surface area contributed by atoms with Crippen molar-refractivity contribution in [3.8, 4) is 5.75 Å². The molecule has 0 saturated heterocycles. The highest BCUT2D eigenvalue weighted by molar-refractivity contribution is 5.97. The molecule has 2 aromatic carbocycles. The smallest absolute Gasteiger partial charge is 0.405 e. The maximum Gasteiger partial charge on any atom is 0.405 e. The third kappa shape index (κ3) is 2.61. The van der Waals surface area contributed by atoms with E-state index in [0.29, 0.717) is 16.5 Å². The molecule has 0 aliphatic heterocycles. The molecule has 0 aliphatic carbocycles. The number of aromatic hydroxyl groups is 1. The van der Waals surface area contributed by atoms with Crippen molar-refractivity contribution in [1.29, 1.82) is 0 Å². The monoisotopic (exact) mass is 241 g/mol. The molecule has 90 valence electrons. The number of hydrogen-bond donors (Lipinski definition) is 2. The van der Waals surface area contributed by atoms with Crippen molar-refractivity contribution >= 4 is 16.5 Å². The Morgan fingerprint density at radius 2 is 1.65 bits per heavy atom. The number of rotatable bonds is 2. The summed E-state index contributed by atoms with van der Waals surface area (Å²) in [5.41, 5.74) is 0.357. The summed E-state index contributed by atoms with van der Waals surface area (Å²) in [7, 11) is 0. The zero-order chi connectivity index (χ0) is 12.5. The second-order valence-electron chi connectivity index (χ2n) is 3.65. The summed E-state index contributed by atoms with van der Waals surface area (Å²) in [6, 6.07) is 9.55. The first-order valence-electron chi connectivity index (χ1n) is 4.99. The van der Waals surface area contributed by atoms with Gasteiger partial charge in [0.1, 0.15) is 12.3 Å². The van der Waals surface area contributed by atoms with Crippen LogP contribution < -0.4 is 5.32 Å². The maximum atomic E-state index is 12.1. The predicted molar refractivity (Wildman–Crippen MR) is 60.2 cm³/mol. The number of nitrogens with one attached hydrogen (secondary N) is 1. The number of alkyl halides is 3. The summed E-state index contributed by atoms with van der Waals surface area (Å²) >= 11 is 0. The standard InChI is InChI=1S/C12H10F3NO/c13-12(14,15)7-16-10-5-1-4-9-8(10)3-2-6-11(9)17/h1-6,16-17H,7H2. The second kappa shape index (κ2) is 4.16. The fourth-order valence-corrected chi connectivity index (χ4v) is 1.64. The van der Waals surface area contributed by atoms with Gasteiger partial charge in [0.2, 0.25) is 0 Å². The Labute approximate surface area is 95.7 Å². The van der Waals surface area contributed by atoms with E-state index >= 15 is 0 Å². The number of phenolic OH excluding ortho intramolecular Hbond substituents is 1. The van der Waals surface area contributed by atoms with Crippen LogP contribution in [0.5, 0.6) is 5.75 Å². The van der Waals surface area contributed by atoms with Crippen molar-refractivity contribution in [3.05, 3.63) is 36.4 Å². The van der Waals surface area contributed by atoms with Gasteiger partial charge in [-0.25, -0.2) is 0 Å². The molecule has 0 unspecified atom stereocenters. The van der Waals surface area contributed by atoms with E-state index in [1.165, 1.54) is 6.07 Å². The van der Waals surface area contributed by atoms with Gasteiger partial charge in [-0.05, 0) is 12.1 Å². The Morgan fingerprint density at radius 3 is 2.35 bits per heavy atom.